The van der Waals surface area contributed by atoms with Gasteiger partial charge >= 0.3 is 12.0 Å². The van der Waals surface area contributed by atoms with E-state index in [1.807, 2.05) is 19.9 Å². The lowest BCUT2D eigenvalue weighted by molar-refractivity contribution is -0.123. The van der Waals surface area contributed by atoms with Crippen LogP contribution in [0.3, 0.4) is 0 Å². The molecule has 0 bridgehead atoms. The number of hydrogen-bond donors (Lipinski definition) is 2. The monoisotopic (exact) mass is 382 g/mol. The van der Waals surface area contributed by atoms with Crippen molar-refractivity contribution in [3.05, 3.63) is 71.3 Å². The second kappa shape index (κ2) is 10.0. The van der Waals surface area contributed by atoms with Gasteiger partial charge in [-0.1, -0.05) is 56.3 Å². The molecule has 0 unspecified atom stereocenters. The van der Waals surface area contributed by atoms with Crippen molar-refractivity contribution in [2.24, 2.45) is 5.92 Å². The predicted octanol–water partition coefficient (Wildman–Crippen LogP) is 2.56. The zero-order valence-electron chi connectivity index (χ0n) is 15.7. The Balaban J connectivity index is 1.85. The van der Waals surface area contributed by atoms with Gasteiger partial charge in [-0.3, -0.25) is 14.9 Å². The van der Waals surface area contributed by atoms with E-state index < -0.39 is 24.5 Å². The van der Waals surface area contributed by atoms with Crippen LogP contribution in [0.25, 0.3) is 0 Å². The van der Waals surface area contributed by atoms with Crippen LogP contribution >= 0.6 is 0 Å². The Hall–Kier alpha value is -3.48. The van der Waals surface area contributed by atoms with Crippen molar-refractivity contribution >= 4 is 23.7 Å². The van der Waals surface area contributed by atoms with Crippen LogP contribution in [0.2, 0.25) is 0 Å². The van der Waals surface area contributed by atoms with Gasteiger partial charge in [-0.15, -0.1) is 0 Å². The quantitative estimate of drug-likeness (QED) is 0.566. The fourth-order valence-electron chi connectivity index (χ4n) is 2.23. The number of urea groups is 1. The Morgan fingerprint density at radius 1 is 0.857 bits per heavy atom. The number of ketones is 1. The lowest BCUT2D eigenvalue weighted by Crippen LogP contribution is -2.42. The first-order valence-electron chi connectivity index (χ1n) is 8.81. The van der Waals surface area contributed by atoms with Crippen LogP contribution in [0.4, 0.5) is 4.79 Å². The van der Waals surface area contributed by atoms with Gasteiger partial charge in [0.1, 0.15) is 0 Å². The highest BCUT2D eigenvalue weighted by atomic mass is 16.5. The minimum absolute atomic E-state index is 0.160. The van der Waals surface area contributed by atoms with E-state index in [2.05, 4.69) is 10.6 Å². The fourth-order valence-corrected chi connectivity index (χ4v) is 2.23. The molecule has 2 aromatic carbocycles. The summed E-state index contributed by atoms with van der Waals surface area (Å²) in [7, 11) is 0. The largest absolute Gasteiger partial charge is 0.452 e. The average Bonchev–Trinajstić information content (AvgIpc) is 2.70. The van der Waals surface area contributed by atoms with Gasteiger partial charge in [-0.25, -0.2) is 9.59 Å². The van der Waals surface area contributed by atoms with Crippen molar-refractivity contribution in [3.63, 3.8) is 0 Å². The molecular weight excluding hydrogens is 360 g/mol. The third-order valence-corrected chi connectivity index (χ3v) is 3.68. The summed E-state index contributed by atoms with van der Waals surface area (Å²) < 4.78 is 4.89. The molecule has 2 aromatic rings. The molecule has 7 nitrogen and oxygen atoms in total. The summed E-state index contributed by atoms with van der Waals surface area (Å²) in [5.41, 5.74) is 1.18. The molecule has 0 heterocycles. The molecule has 3 amide bonds. The highest BCUT2D eigenvalue weighted by Crippen LogP contribution is 2.11. The number of ether oxygens (including phenoxy) is 1. The van der Waals surface area contributed by atoms with Crippen LogP contribution in [0.1, 0.15) is 40.1 Å². The summed E-state index contributed by atoms with van der Waals surface area (Å²) in [6.45, 7) is 3.68. The third-order valence-electron chi connectivity index (χ3n) is 3.68. The molecule has 2 N–H and O–H groups in total. The molecular formula is C21H22N2O5. The van der Waals surface area contributed by atoms with Crippen LogP contribution in [0.15, 0.2) is 54.6 Å². The first kappa shape index (κ1) is 20.8. The van der Waals surface area contributed by atoms with Crippen LogP contribution < -0.4 is 10.6 Å². The van der Waals surface area contributed by atoms with E-state index in [4.69, 9.17) is 4.74 Å². The summed E-state index contributed by atoms with van der Waals surface area (Å²) in [6.07, 6.45) is 0. The molecule has 0 aromatic heterocycles. The minimum atomic E-state index is -0.731. The van der Waals surface area contributed by atoms with Gasteiger partial charge in [0.2, 0.25) is 0 Å². The van der Waals surface area contributed by atoms with E-state index >= 15 is 0 Å². The van der Waals surface area contributed by atoms with Gasteiger partial charge < -0.3 is 10.1 Å². The third kappa shape index (κ3) is 6.35. The highest BCUT2D eigenvalue weighted by Gasteiger charge is 2.14. The number of hydrogen-bond acceptors (Lipinski definition) is 5. The number of nitrogens with one attached hydrogen (secondary N) is 2. The maximum absolute atomic E-state index is 12.3. The van der Waals surface area contributed by atoms with Gasteiger partial charge in [0.25, 0.3) is 5.91 Å². The molecule has 0 aliphatic rings. The molecule has 2 rings (SSSR count). The second-order valence-corrected chi connectivity index (χ2v) is 6.50. The van der Waals surface area contributed by atoms with Crippen molar-refractivity contribution in [1.29, 1.82) is 0 Å². The lowest BCUT2D eigenvalue weighted by Gasteiger charge is -2.09. The number of carbonyl (C=O) groups excluding carboxylic acids is 4. The van der Waals surface area contributed by atoms with Crippen molar-refractivity contribution in [2.45, 2.75) is 13.8 Å². The molecule has 146 valence electrons. The number of amides is 3. The predicted molar refractivity (Wildman–Crippen MR) is 103 cm³/mol. The fraction of sp³-hybridized carbons (Fsp3) is 0.238. The molecule has 0 atom stereocenters. The van der Waals surface area contributed by atoms with Gasteiger partial charge in [0.15, 0.2) is 12.4 Å². The van der Waals surface area contributed by atoms with E-state index in [0.29, 0.717) is 17.7 Å². The number of imide groups is 1. The minimum Gasteiger partial charge on any atom is -0.452 e. The number of carbonyl (C=O) groups is 4. The molecule has 0 saturated heterocycles. The zero-order valence-corrected chi connectivity index (χ0v) is 15.7. The first-order chi connectivity index (χ1) is 13.4. The van der Waals surface area contributed by atoms with E-state index in [1.165, 1.54) is 24.3 Å². The number of benzene rings is 2. The van der Waals surface area contributed by atoms with Crippen LogP contribution in [-0.4, -0.2) is 36.8 Å². The first-order valence-corrected chi connectivity index (χ1v) is 8.81. The molecule has 0 fully saturated rings. The van der Waals surface area contributed by atoms with E-state index in [1.54, 1.807) is 24.3 Å². The normalized spacial score (nSPS) is 10.2. The Bertz CT molecular complexity index is 845. The Morgan fingerprint density at radius 2 is 1.43 bits per heavy atom. The summed E-state index contributed by atoms with van der Waals surface area (Å²) in [5.74, 6) is -1.37. The molecule has 28 heavy (non-hydrogen) atoms. The molecule has 0 aliphatic heterocycles. The summed E-state index contributed by atoms with van der Waals surface area (Å²) in [5, 5.41) is 4.59. The van der Waals surface area contributed by atoms with Gasteiger partial charge in [-0.05, 0) is 18.1 Å². The van der Waals surface area contributed by atoms with Gasteiger partial charge in [0, 0.05) is 17.7 Å². The van der Waals surface area contributed by atoms with Crippen molar-refractivity contribution < 1.29 is 23.9 Å². The standard InChI is InChI=1S/C21H22N2O5/c1-14(2)12-22-21(27)23-18(24)13-28-20(26)17-10-8-16(9-11-17)19(25)15-6-4-3-5-7-15/h3-11,14H,12-13H2,1-2H3,(H2,22,23,24,27). The number of rotatable bonds is 7. The zero-order chi connectivity index (χ0) is 20.5. The van der Waals surface area contributed by atoms with Gasteiger partial charge in [-0.2, -0.15) is 0 Å². The van der Waals surface area contributed by atoms with E-state index in [0.717, 1.165) is 0 Å². The van der Waals surface area contributed by atoms with Crippen LogP contribution in [-0.2, 0) is 9.53 Å². The van der Waals surface area contributed by atoms with Crippen LogP contribution in [0.5, 0.6) is 0 Å². The Morgan fingerprint density at radius 3 is 2.04 bits per heavy atom. The molecule has 7 heteroatoms. The van der Waals surface area contributed by atoms with E-state index in [-0.39, 0.29) is 17.3 Å². The lowest BCUT2D eigenvalue weighted by atomic mass is 10.0. The van der Waals surface area contributed by atoms with Crippen LogP contribution in [0, 0.1) is 5.92 Å². The summed E-state index contributed by atoms with van der Waals surface area (Å²) in [6, 6.07) is 14.1. The van der Waals surface area contributed by atoms with Gasteiger partial charge in [0.05, 0.1) is 5.56 Å². The maximum atomic E-state index is 12.3. The summed E-state index contributed by atoms with van der Waals surface area (Å²) in [4.78, 5) is 47.5. The van der Waals surface area contributed by atoms with E-state index in [9.17, 15) is 19.2 Å². The highest BCUT2D eigenvalue weighted by molar-refractivity contribution is 6.09. The SMILES string of the molecule is CC(C)CNC(=O)NC(=O)COC(=O)c1ccc(C(=O)c2ccccc2)cc1. The smallest absolute Gasteiger partial charge is 0.338 e. The Labute approximate surface area is 163 Å². The second-order valence-electron chi connectivity index (χ2n) is 6.50. The number of esters is 1. The molecule has 0 aliphatic carbocycles. The maximum Gasteiger partial charge on any atom is 0.338 e. The average molecular weight is 382 g/mol. The Kier molecular flexibility index (Phi) is 7.45. The van der Waals surface area contributed by atoms with Crippen molar-refractivity contribution in [3.8, 4) is 0 Å². The molecule has 0 spiro atoms. The topological polar surface area (TPSA) is 102 Å². The van der Waals surface area contributed by atoms with Crippen molar-refractivity contribution in [2.75, 3.05) is 13.2 Å². The van der Waals surface area contributed by atoms with Crippen molar-refractivity contribution in [1.82, 2.24) is 10.6 Å². The molecule has 0 radical (unpaired) electrons. The summed E-state index contributed by atoms with van der Waals surface area (Å²) >= 11 is 0. The molecule has 0 saturated carbocycles.